The zero-order chi connectivity index (χ0) is 16.8. The predicted molar refractivity (Wildman–Crippen MR) is 105 cm³/mol. The summed E-state index contributed by atoms with van der Waals surface area (Å²) in [5.41, 5.74) is 8.61. The van der Waals surface area contributed by atoms with E-state index in [-0.39, 0.29) is 0 Å². The van der Waals surface area contributed by atoms with Gasteiger partial charge in [-0.2, -0.15) is 0 Å². The van der Waals surface area contributed by atoms with Crippen LogP contribution < -0.4 is 5.73 Å². The summed E-state index contributed by atoms with van der Waals surface area (Å²) in [4.78, 5) is 8.54. The van der Waals surface area contributed by atoms with Crippen LogP contribution >= 0.6 is 11.3 Å². The summed E-state index contributed by atoms with van der Waals surface area (Å²) in [6, 6.07) is 15.7. The summed E-state index contributed by atoms with van der Waals surface area (Å²) < 4.78 is 0. The van der Waals surface area contributed by atoms with E-state index in [0.29, 0.717) is 0 Å². The molecule has 2 unspecified atom stereocenters. The molecule has 0 bridgehead atoms. The van der Waals surface area contributed by atoms with E-state index < -0.39 is 0 Å². The SMILES string of the molecule is Nc1nc2c(s1)CCN(CC1CC1c1ccc3ccccc3c1)CC2. The largest absolute Gasteiger partial charge is 0.375 e. The minimum absolute atomic E-state index is 0.733. The van der Waals surface area contributed by atoms with Crippen molar-refractivity contribution in [3.05, 3.63) is 58.6 Å². The third-order valence-corrected chi connectivity index (χ3v) is 6.72. The molecule has 1 aliphatic carbocycles. The van der Waals surface area contributed by atoms with Crippen molar-refractivity contribution < 1.29 is 0 Å². The summed E-state index contributed by atoms with van der Waals surface area (Å²) in [5.74, 6) is 1.56. The molecule has 2 N–H and O–H groups in total. The normalized spacial score (nSPS) is 23.4. The first-order valence-electron chi connectivity index (χ1n) is 9.21. The molecule has 0 radical (unpaired) electrons. The van der Waals surface area contributed by atoms with Gasteiger partial charge in [-0.25, -0.2) is 4.98 Å². The molecular formula is C21H23N3S. The Balaban J connectivity index is 1.23. The molecule has 1 aliphatic heterocycles. The summed E-state index contributed by atoms with van der Waals surface area (Å²) in [7, 11) is 0. The molecule has 2 atom stereocenters. The topological polar surface area (TPSA) is 42.1 Å². The fraction of sp³-hybridized carbons (Fsp3) is 0.381. The number of thiazole rings is 1. The molecule has 5 rings (SSSR count). The lowest BCUT2D eigenvalue weighted by molar-refractivity contribution is 0.274. The lowest BCUT2D eigenvalue weighted by atomic mass is 10.0. The summed E-state index contributed by atoms with van der Waals surface area (Å²) in [6.45, 7) is 3.49. The number of hydrogen-bond donors (Lipinski definition) is 1. The Hall–Kier alpha value is -1.91. The average Bonchev–Trinajstić information content (AvgIpc) is 3.34. The second-order valence-electron chi connectivity index (χ2n) is 7.43. The van der Waals surface area contributed by atoms with Crippen LogP contribution in [0.3, 0.4) is 0 Å². The van der Waals surface area contributed by atoms with Crippen molar-refractivity contribution in [1.29, 1.82) is 0 Å². The van der Waals surface area contributed by atoms with E-state index in [1.54, 1.807) is 11.3 Å². The van der Waals surface area contributed by atoms with Crippen molar-refractivity contribution in [3.63, 3.8) is 0 Å². The van der Waals surface area contributed by atoms with Crippen LogP contribution in [0.15, 0.2) is 42.5 Å². The summed E-state index contributed by atoms with van der Waals surface area (Å²) in [5, 5.41) is 3.44. The Labute approximate surface area is 152 Å². The van der Waals surface area contributed by atoms with Gasteiger partial charge >= 0.3 is 0 Å². The lowest BCUT2D eigenvalue weighted by Crippen LogP contribution is -2.29. The Bertz CT molecular complexity index is 891. The maximum Gasteiger partial charge on any atom is 0.180 e. The second-order valence-corrected chi connectivity index (χ2v) is 8.55. The number of benzene rings is 2. The van der Waals surface area contributed by atoms with Crippen molar-refractivity contribution in [2.45, 2.75) is 25.2 Å². The van der Waals surface area contributed by atoms with Gasteiger partial charge in [0.05, 0.1) is 5.69 Å². The fourth-order valence-electron chi connectivity index (χ4n) is 4.24. The minimum atomic E-state index is 0.733. The van der Waals surface area contributed by atoms with Gasteiger partial charge in [0, 0.05) is 30.9 Å². The Kier molecular flexibility index (Phi) is 3.75. The molecule has 2 aliphatic rings. The second kappa shape index (κ2) is 6.11. The molecule has 0 spiro atoms. The maximum atomic E-state index is 5.85. The Morgan fingerprint density at radius 3 is 2.84 bits per heavy atom. The number of hydrogen-bond acceptors (Lipinski definition) is 4. The number of anilines is 1. The van der Waals surface area contributed by atoms with E-state index in [4.69, 9.17) is 5.73 Å². The van der Waals surface area contributed by atoms with Crippen LogP contribution in [0.4, 0.5) is 5.13 Å². The number of nitrogens with zero attached hydrogens (tertiary/aromatic N) is 2. The van der Waals surface area contributed by atoms with Crippen LogP contribution in [0.1, 0.15) is 28.5 Å². The maximum absolute atomic E-state index is 5.85. The van der Waals surface area contributed by atoms with Crippen LogP contribution in [0, 0.1) is 5.92 Å². The van der Waals surface area contributed by atoms with Crippen LogP contribution in [-0.4, -0.2) is 29.5 Å². The number of nitrogen functional groups attached to an aromatic ring is 1. The molecule has 0 amide bonds. The van der Waals surface area contributed by atoms with Crippen molar-refractivity contribution in [1.82, 2.24) is 9.88 Å². The molecule has 2 aromatic carbocycles. The van der Waals surface area contributed by atoms with Crippen molar-refractivity contribution in [2.75, 3.05) is 25.4 Å². The quantitative estimate of drug-likeness (QED) is 0.775. The first-order chi connectivity index (χ1) is 12.3. The molecular weight excluding hydrogens is 326 g/mol. The number of fused-ring (bicyclic) bond motifs is 2. The molecule has 1 fully saturated rings. The molecule has 2 heterocycles. The molecule has 4 heteroatoms. The van der Waals surface area contributed by atoms with Gasteiger partial charge in [-0.1, -0.05) is 42.5 Å². The molecule has 1 aromatic heterocycles. The van der Waals surface area contributed by atoms with Gasteiger partial charge in [-0.05, 0) is 41.0 Å². The highest BCUT2D eigenvalue weighted by Gasteiger charge is 2.39. The molecule has 0 saturated heterocycles. The van der Waals surface area contributed by atoms with Crippen molar-refractivity contribution in [2.24, 2.45) is 5.92 Å². The van der Waals surface area contributed by atoms with Crippen molar-refractivity contribution in [3.8, 4) is 0 Å². The predicted octanol–water partition coefficient (Wildman–Crippen LogP) is 4.08. The van der Waals surface area contributed by atoms with Crippen LogP contribution in [0.2, 0.25) is 0 Å². The van der Waals surface area contributed by atoms with Crippen molar-refractivity contribution >= 4 is 27.2 Å². The smallest absolute Gasteiger partial charge is 0.180 e. The standard InChI is InChI=1S/C21H23N3S/c22-21-23-19-7-9-24(10-8-20(19)25-21)13-17-12-18(17)16-6-5-14-3-1-2-4-15(14)11-16/h1-6,11,17-18H,7-10,12-13H2,(H2,22,23). The average molecular weight is 350 g/mol. The fourth-order valence-corrected chi connectivity index (χ4v) is 5.11. The summed E-state index contributed by atoms with van der Waals surface area (Å²) >= 11 is 1.68. The Morgan fingerprint density at radius 1 is 1.08 bits per heavy atom. The van der Waals surface area contributed by atoms with Gasteiger partial charge in [0.2, 0.25) is 0 Å². The third kappa shape index (κ3) is 3.05. The van der Waals surface area contributed by atoms with E-state index in [0.717, 1.165) is 42.9 Å². The molecule has 3 aromatic rings. The first-order valence-corrected chi connectivity index (χ1v) is 10.0. The first kappa shape index (κ1) is 15.4. The monoisotopic (exact) mass is 349 g/mol. The minimum Gasteiger partial charge on any atom is -0.375 e. The van der Waals surface area contributed by atoms with E-state index in [1.165, 1.54) is 39.9 Å². The molecule has 128 valence electrons. The number of nitrogens with two attached hydrogens (primary N) is 1. The zero-order valence-electron chi connectivity index (χ0n) is 14.3. The van der Waals surface area contributed by atoms with Crippen LogP contribution in [0.5, 0.6) is 0 Å². The number of aromatic nitrogens is 1. The van der Waals surface area contributed by atoms with Gasteiger partial charge in [0.25, 0.3) is 0 Å². The molecule has 1 saturated carbocycles. The highest BCUT2D eigenvalue weighted by Crippen LogP contribution is 2.48. The van der Waals surface area contributed by atoms with Crippen LogP contribution in [0.25, 0.3) is 10.8 Å². The highest BCUT2D eigenvalue weighted by atomic mass is 32.1. The van der Waals surface area contributed by atoms with E-state index in [1.807, 2.05) is 0 Å². The molecule has 25 heavy (non-hydrogen) atoms. The molecule has 3 nitrogen and oxygen atoms in total. The van der Waals surface area contributed by atoms with Gasteiger partial charge in [0.15, 0.2) is 5.13 Å². The Morgan fingerprint density at radius 2 is 1.92 bits per heavy atom. The van der Waals surface area contributed by atoms with Gasteiger partial charge in [-0.3, -0.25) is 0 Å². The van der Waals surface area contributed by atoms with E-state index >= 15 is 0 Å². The van der Waals surface area contributed by atoms with Gasteiger partial charge in [0.1, 0.15) is 0 Å². The number of rotatable bonds is 3. The summed E-state index contributed by atoms with van der Waals surface area (Å²) in [6.07, 6.45) is 3.50. The van der Waals surface area contributed by atoms with E-state index in [9.17, 15) is 0 Å². The highest BCUT2D eigenvalue weighted by molar-refractivity contribution is 7.15. The lowest BCUT2D eigenvalue weighted by Gasteiger charge is -2.19. The van der Waals surface area contributed by atoms with Gasteiger partial charge in [-0.15, -0.1) is 11.3 Å². The van der Waals surface area contributed by atoms with E-state index in [2.05, 4.69) is 52.3 Å². The van der Waals surface area contributed by atoms with Crippen LogP contribution in [-0.2, 0) is 12.8 Å². The third-order valence-electron chi connectivity index (χ3n) is 5.73. The van der Waals surface area contributed by atoms with Gasteiger partial charge < -0.3 is 10.6 Å². The zero-order valence-corrected chi connectivity index (χ0v) is 15.1.